The van der Waals surface area contributed by atoms with E-state index in [1.165, 1.54) is 0 Å². The van der Waals surface area contributed by atoms with E-state index < -0.39 is 0 Å². The van der Waals surface area contributed by atoms with Gasteiger partial charge in [-0.3, -0.25) is 9.69 Å². The monoisotopic (exact) mass is 253 g/mol. The quantitative estimate of drug-likeness (QED) is 0.728. The molecule has 19 heavy (non-hydrogen) atoms. The largest absolute Gasteiger partial charge is 0.293 e. The molecule has 0 heterocycles. The van der Waals surface area contributed by atoms with Gasteiger partial charge in [-0.1, -0.05) is 12.1 Å². The number of carbonyl (C=O) groups excluding carboxylic acids is 1. The summed E-state index contributed by atoms with van der Waals surface area (Å²) in [4.78, 5) is 14.2. The predicted molar refractivity (Wildman–Crippen MR) is 70.3 cm³/mol. The van der Waals surface area contributed by atoms with Gasteiger partial charge in [-0.25, -0.2) is 0 Å². The third-order valence-electron chi connectivity index (χ3n) is 3.26. The van der Waals surface area contributed by atoms with Gasteiger partial charge >= 0.3 is 0 Å². The first kappa shape index (κ1) is 13.3. The van der Waals surface area contributed by atoms with Crippen molar-refractivity contribution in [2.24, 2.45) is 0 Å². The Bertz CT molecular complexity index is 532. The molecule has 1 aliphatic carbocycles. The fourth-order valence-corrected chi connectivity index (χ4v) is 2.03. The second-order valence-electron chi connectivity index (χ2n) is 4.72. The summed E-state index contributed by atoms with van der Waals surface area (Å²) in [5.74, 6) is 0.0503. The van der Waals surface area contributed by atoms with Gasteiger partial charge in [0.25, 0.3) is 0 Å². The van der Waals surface area contributed by atoms with Gasteiger partial charge < -0.3 is 0 Å². The Labute approximate surface area is 112 Å². The minimum absolute atomic E-state index is 0.0503. The molecular formula is C15H15N3O. The lowest BCUT2D eigenvalue weighted by Gasteiger charge is -2.19. The summed E-state index contributed by atoms with van der Waals surface area (Å²) >= 11 is 0. The molecule has 1 aromatic rings. The van der Waals surface area contributed by atoms with Crippen LogP contribution in [0, 0.1) is 22.7 Å². The highest BCUT2D eigenvalue weighted by atomic mass is 16.1. The summed E-state index contributed by atoms with van der Waals surface area (Å²) in [5.41, 5.74) is 1.18. The molecule has 2 rings (SSSR count). The summed E-state index contributed by atoms with van der Waals surface area (Å²) in [6.07, 6.45) is 2.69. The molecule has 4 heteroatoms. The van der Waals surface area contributed by atoms with Gasteiger partial charge in [-0.15, -0.1) is 0 Å². The highest BCUT2D eigenvalue weighted by Gasteiger charge is 2.29. The minimum Gasteiger partial charge on any atom is -0.293 e. The summed E-state index contributed by atoms with van der Waals surface area (Å²) < 4.78 is 0. The van der Waals surface area contributed by atoms with Crippen molar-refractivity contribution in [2.45, 2.75) is 25.3 Å². The maximum absolute atomic E-state index is 12.1. The SMILES string of the molecule is N#CCCN(CC(=O)c1ccc(C#N)cc1)C1CC1. The lowest BCUT2D eigenvalue weighted by molar-refractivity contribution is 0.0926. The first-order valence-electron chi connectivity index (χ1n) is 6.39. The molecule has 0 spiro atoms. The minimum atomic E-state index is 0.0503. The summed E-state index contributed by atoms with van der Waals surface area (Å²) in [7, 11) is 0. The van der Waals surface area contributed by atoms with E-state index in [1.54, 1.807) is 24.3 Å². The van der Waals surface area contributed by atoms with Crippen molar-refractivity contribution in [2.75, 3.05) is 13.1 Å². The molecule has 0 unspecified atom stereocenters. The zero-order valence-electron chi connectivity index (χ0n) is 10.7. The van der Waals surface area contributed by atoms with Gasteiger partial charge in [-0.2, -0.15) is 10.5 Å². The zero-order chi connectivity index (χ0) is 13.7. The number of rotatable bonds is 6. The normalized spacial score (nSPS) is 13.8. The van der Waals surface area contributed by atoms with Crippen LogP contribution in [-0.2, 0) is 0 Å². The highest BCUT2D eigenvalue weighted by molar-refractivity contribution is 5.97. The molecule has 0 radical (unpaired) electrons. The number of ketones is 1. The molecule has 0 atom stereocenters. The van der Waals surface area contributed by atoms with E-state index in [9.17, 15) is 4.79 Å². The maximum atomic E-state index is 12.1. The average Bonchev–Trinajstić information content (AvgIpc) is 3.28. The summed E-state index contributed by atoms with van der Waals surface area (Å²) in [6.45, 7) is 1.02. The van der Waals surface area contributed by atoms with Crippen LogP contribution < -0.4 is 0 Å². The van der Waals surface area contributed by atoms with E-state index in [-0.39, 0.29) is 5.78 Å². The van der Waals surface area contributed by atoms with Crippen molar-refractivity contribution in [3.63, 3.8) is 0 Å². The van der Waals surface area contributed by atoms with Crippen LogP contribution in [0.2, 0.25) is 0 Å². The third-order valence-corrected chi connectivity index (χ3v) is 3.26. The van der Waals surface area contributed by atoms with Crippen molar-refractivity contribution in [3.05, 3.63) is 35.4 Å². The lowest BCUT2D eigenvalue weighted by Crippen LogP contribution is -2.32. The van der Waals surface area contributed by atoms with Gasteiger partial charge in [0.15, 0.2) is 5.78 Å². The van der Waals surface area contributed by atoms with E-state index in [2.05, 4.69) is 11.0 Å². The van der Waals surface area contributed by atoms with Crippen LogP contribution >= 0.6 is 0 Å². The Morgan fingerprint density at radius 3 is 2.47 bits per heavy atom. The van der Waals surface area contributed by atoms with Gasteiger partial charge in [0.05, 0.1) is 24.2 Å². The number of Topliss-reactive ketones (excluding diaryl/α,β-unsaturated/α-hetero) is 1. The van der Waals surface area contributed by atoms with E-state index in [4.69, 9.17) is 10.5 Å². The predicted octanol–water partition coefficient (Wildman–Crippen LogP) is 2.12. The molecule has 1 aromatic carbocycles. The second-order valence-corrected chi connectivity index (χ2v) is 4.72. The van der Waals surface area contributed by atoms with Crippen molar-refractivity contribution >= 4 is 5.78 Å². The van der Waals surface area contributed by atoms with E-state index in [0.717, 1.165) is 12.8 Å². The molecule has 4 nitrogen and oxygen atoms in total. The van der Waals surface area contributed by atoms with Crippen LogP contribution in [0.3, 0.4) is 0 Å². The van der Waals surface area contributed by atoms with Crippen LogP contribution in [0.4, 0.5) is 0 Å². The van der Waals surface area contributed by atoms with Gasteiger partial charge in [0.1, 0.15) is 0 Å². The Balaban J connectivity index is 1.98. The van der Waals surface area contributed by atoms with Gasteiger partial charge in [0.2, 0.25) is 0 Å². The maximum Gasteiger partial charge on any atom is 0.176 e. The molecule has 0 bridgehead atoms. The molecule has 0 N–H and O–H groups in total. The third kappa shape index (κ3) is 3.64. The lowest BCUT2D eigenvalue weighted by atomic mass is 10.1. The Hall–Kier alpha value is -2.17. The van der Waals surface area contributed by atoms with E-state index in [0.29, 0.717) is 36.7 Å². The zero-order valence-corrected chi connectivity index (χ0v) is 10.7. The number of nitriles is 2. The van der Waals surface area contributed by atoms with Crippen LogP contribution in [0.1, 0.15) is 35.2 Å². The van der Waals surface area contributed by atoms with Gasteiger partial charge in [0, 0.05) is 24.6 Å². The van der Waals surface area contributed by atoms with Gasteiger partial charge in [-0.05, 0) is 25.0 Å². The van der Waals surface area contributed by atoms with Crippen LogP contribution in [0.15, 0.2) is 24.3 Å². The number of carbonyl (C=O) groups is 1. The molecule has 0 amide bonds. The first-order valence-corrected chi connectivity index (χ1v) is 6.39. The molecular weight excluding hydrogens is 238 g/mol. The Morgan fingerprint density at radius 1 is 1.26 bits per heavy atom. The molecule has 1 aliphatic rings. The average molecular weight is 253 g/mol. The van der Waals surface area contributed by atoms with Crippen molar-refractivity contribution in [1.82, 2.24) is 4.90 Å². The summed E-state index contributed by atoms with van der Waals surface area (Å²) in [6, 6.07) is 11.3. The number of nitrogens with zero attached hydrogens (tertiary/aromatic N) is 3. The van der Waals surface area contributed by atoms with Crippen LogP contribution in [-0.4, -0.2) is 29.8 Å². The molecule has 0 aliphatic heterocycles. The highest BCUT2D eigenvalue weighted by Crippen LogP contribution is 2.27. The first-order chi connectivity index (χ1) is 9.24. The fraction of sp³-hybridized carbons (Fsp3) is 0.400. The topological polar surface area (TPSA) is 67.9 Å². The molecule has 0 saturated heterocycles. The molecule has 1 fully saturated rings. The van der Waals surface area contributed by atoms with E-state index in [1.807, 2.05) is 6.07 Å². The van der Waals surface area contributed by atoms with Crippen molar-refractivity contribution in [3.8, 4) is 12.1 Å². The number of benzene rings is 1. The van der Waals surface area contributed by atoms with Crippen LogP contribution in [0.25, 0.3) is 0 Å². The Morgan fingerprint density at radius 2 is 1.95 bits per heavy atom. The standard InChI is InChI=1S/C15H15N3O/c16-8-1-9-18(14-6-7-14)11-15(19)13-4-2-12(10-17)3-5-13/h2-5,14H,1,6-7,9,11H2. The van der Waals surface area contributed by atoms with E-state index >= 15 is 0 Å². The fourth-order valence-electron chi connectivity index (χ4n) is 2.03. The second kappa shape index (κ2) is 6.13. The molecule has 0 aromatic heterocycles. The van der Waals surface area contributed by atoms with Crippen molar-refractivity contribution in [1.29, 1.82) is 10.5 Å². The Kier molecular flexibility index (Phi) is 4.28. The van der Waals surface area contributed by atoms with Crippen LogP contribution in [0.5, 0.6) is 0 Å². The molecule has 1 saturated carbocycles. The number of hydrogen-bond donors (Lipinski definition) is 0. The molecule has 96 valence electrons. The summed E-state index contributed by atoms with van der Waals surface area (Å²) in [5, 5.41) is 17.4. The smallest absolute Gasteiger partial charge is 0.176 e. The van der Waals surface area contributed by atoms with Crippen molar-refractivity contribution < 1.29 is 4.79 Å². The number of hydrogen-bond acceptors (Lipinski definition) is 4.